The molecule has 5 atom stereocenters. The number of aromatic amines is 1. The third-order valence-corrected chi connectivity index (χ3v) is 6.47. The maximum Gasteiger partial charge on any atom is 0.472 e. The van der Waals surface area contributed by atoms with Gasteiger partial charge in [-0.25, -0.2) is 9.36 Å². The summed E-state index contributed by atoms with van der Waals surface area (Å²) < 4.78 is 40.0. The third-order valence-electron chi connectivity index (χ3n) is 4.53. The molecule has 1 aromatic heterocycles. The van der Waals surface area contributed by atoms with Crippen molar-refractivity contribution in [3.05, 3.63) is 33.1 Å². The zero-order chi connectivity index (χ0) is 21.1. The maximum absolute atomic E-state index is 12.2. The molecular formula is C14H24N2O10P2. The van der Waals surface area contributed by atoms with E-state index >= 15 is 0 Å². The molecule has 0 amide bonds. The van der Waals surface area contributed by atoms with Gasteiger partial charge in [-0.1, -0.05) is 0 Å². The fourth-order valence-corrected chi connectivity index (χ4v) is 5.08. The predicted octanol–water partition coefficient (Wildman–Crippen LogP) is 0.202. The Morgan fingerprint density at radius 3 is 2.46 bits per heavy atom. The Morgan fingerprint density at radius 1 is 1.25 bits per heavy atom. The largest absolute Gasteiger partial charge is 0.472 e. The molecule has 0 bridgehead atoms. The third kappa shape index (κ3) is 5.95. The second kappa shape index (κ2) is 9.15. The molecule has 14 heteroatoms. The molecule has 0 spiro atoms. The lowest BCUT2D eigenvalue weighted by Gasteiger charge is -2.27. The van der Waals surface area contributed by atoms with Gasteiger partial charge in [0.1, 0.15) is 12.2 Å². The molecule has 160 valence electrons. The molecule has 1 unspecified atom stereocenters. The Labute approximate surface area is 160 Å². The average molecular weight is 442 g/mol. The number of rotatable bonds is 9. The highest BCUT2D eigenvalue weighted by molar-refractivity contribution is 7.51. The highest BCUT2D eigenvalue weighted by atomic mass is 31.2. The van der Waals surface area contributed by atoms with Crippen LogP contribution >= 0.6 is 15.4 Å². The number of methoxy groups -OCH3 is 1. The molecule has 0 radical (unpaired) electrons. The van der Waals surface area contributed by atoms with Gasteiger partial charge in [0, 0.05) is 19.4 Å². The van der Waals surface area contributed by atoms with Gasteiger partial charge in [-0.05, 0) is 25.7 Å². The van der Waals surface area contributed by atoms with E-state index in [4.69, 9.17) is 13.8 Å². The molecule has 0 saturated heterocycles. The summed E-state index contributed by atoms with van der Waals surface area (Å²) in [5.74, 6) is -0.609. The molecule has 0 aliphatic heterocycles. The van der Waals surface area contributed by atoms with Gasteiger partial charge >= 0.3 is 21.1 Å². The number of H-pyrrole nitrogens is 1. The van der Waals surface area contributed by atoms with E-state index in [-0.39, 0.29) is 19.4 Å². The Bertz CT molecular complexity index is 877. The smallest absolute Gasteiger partial charge is 0.377 e. The van der Waals surface area contributed by atoms with Gasteiger partial charge in [-0.3, -0.25) is 28.0 Å². The SMILES string of the molecule is CCOP(=O)(O)O[C@@H]1[C@@H](CCP(=O)(O)O)C[C@@H](n2ccc(=O)[nH]c2=O)[C@@H]1OC. The molecule has 2 rings (SSSR count). The molecule has 28 heavy (non-hydrogen) atoms. The highest BCUT2D eigenvalue weighted by Gasteiger charge is 2.49. The molecule has 1 aromatic rings. The lowest BCUT2D eigenvalue weighted by Crippen LogP contribution is -2.38. The van der Waals surface area contributed by atoms with Crippen LogP contribution in [0.1, 0.15) is 25.8 Å². The lowest BCUT2D eigenvalue weighted by atomic mass is 10.0. The quantitative estimate of drug-likeness (QED) is 0.386. The molecule has 1 heterocycles. The van der Waals surface area contributed by atoms with E-state index in [1.807, 2.05) is 0 Å². The van der Waals surface area contributed by atoms with Crippen LogP contribution in [0.3, 0.4) is 0 Å². The number of ether oxygens (including phenoxy) is 1. The van der Waals surface area contributed by atoms with Crippen LogP contribution in [0.2, 0.25) is 0 Å². The van der Waals surface area contributed by atoms with Crippen molar-refractivity contribution >= 4 is 15.4 Å². The minimum absolute atomic E-state index is 0.0322. The Hall–Kier alpha value is -1.10. The van der Waals surface area contributed by atoms with Crippen molar-refractivity contribution in [2.24, 2.45) is 5.92 Å². The Balaban J connectivity index is 2.38. The molecule has 1 aliphatic rings. The Morgan fingerprint density at radius 2 is 1.93 bits per heavy atom. The molecule has 1 aliphatic carbocycles. The molecule has 4 N–H and O–H groups in total. The van der Waals surface area contributed by atoms with Crippen molar-refractivity contribution in [2.75, 3.05) is 19.9 Å². The summed E-state index contributed by atoms with van der Waals surface area (Å²) in [6.45, 7) is 1.41. The summed E-state index contributed by atoms with van der Waals surface area (Å²) in [5, 5.41) is 0. The normalized spacial score (nSPS) is 27.6. The average Bonchev–Trinajstić information content (AvgIpc) is 2.88. The van der Waals surface area contributed by atoms with Crippen molar-refractivity contribution in [2.45, 2.75) is 38.0 Å². The highest BCUT2D eigenvalue weighted by Crippen LogP contribution is 2.52. The van der Waals surface area contributed by atoms with E-state index in [1.54, 1.807) is 0 Å². The maximum atomic E-state index is 12.2. The van der Waals surface area contributed by atoms with Crippen LogP contribution in [0, 0.1) is 5.92 Å². The van der Waals surface area contributed by atoms with E-state index in [0.717, 1.165) is 6.07 Å². The fraction of sp³-hybridized carbons (Fsp3) is 0.714. The van der Waals surface area contributed by atoms with E-state index in [1.165, 1.54) is 24.8 Å². The first-order chi connectivity index (χ1) is 13.0. The summed E-state index contributed by atoms with van der Waals surface area (Å²) >= 11 is 0. The van der Waals surface area contributed by atoms with E-state index in [0.29, 0.717) is 0 Å². The molecule has 0 aromatic carbocycles. The topological polar surface area (TPSA) is 177 Å². The van der Waals surface area contributed by atoms with Gasteiger partial charge < -0.3 is 19.4 Å². The summed E-state index contributed by atoms with van der Waals surface area (Å²) in [6, 6.07) is 0.451. The van der Waals surface area contributed by atoms with Crippen LogP contribution in [0.25, 0.3) is 0 Å². The van der Waals surface area contributed by atoms with Gasteiger partial charge in [0.15, 0.2) is 0 Å². The molecular weight excluding hydrogens is 418 g/mol. The lowest BCUT2D eigenvalue weighted by molar-refractivity contribution is -0.0266. The van der Waals surface area contributed by atoms with Gasteiger partial charge in [0.05, 0.1) is 18.8 Å². The number of phosphoric acid groups is 1. The minimum Gasteiger partial charge on any atom is -0.377 e. The minimum atomic E-state index is -4.45. The zero-order valence-corrected chi connectivity index (χ0v) is 17.1. The first-order valence-corrected chi connectivity index (χ1v) is 11.8. The monoisotopic (exact) mass is 442 g/mol. The fourth-order valence-electron chi connectivity index (χ4n) is 3.43. The van der Waals surface area contributed by atoms with Crippen LogP contribution in [0.15, 0.2) is 21.9 Å². The number of nitrogens with zero attached hydrogens (tertiary/aromatic N) is 1. The van der Waals surface area contributed by atoms with Crippen molar-refractivity contribution in [1.29, 1.82) is 0 Å². The first kappa shape index (κ1) is 23.2. The number of hydrogen-bond donors (Lipinski definition) is 4. The van der Waals surface area contributed by atoms with Crippen LogP contribution < -0.4 is 11.2 Å². The second-order valence-electron chi connectivity index (χ2n) is 6.41. The van der Waals surface area contributed by atoms with Crippen molar-refractivity contribution < 1.29 is 37.6 Å². The zero-order valence-electron chi connectivity index (χ0n) is 15.3. The molecule has 1 fully saturated rings. The summed E-state index contributed by atoms with van der Waals surface area (Å²) in [5.41, 5.74) is -1.29. The van der Waals surface area contributed by atoms with Crippen molar-refractivity contribution in [1.82, 2.24) is 9.55 Å². The van der Waals surface area contributed by atoms with Crippen LogP contribution in [0.4, 0.5) is 0 Å². The van der Waals surface area contributed by atoms with Crippen molar-refractivity contribution in [3.8, 4) is 0 Å². The van der Waals surface area contributed by atoms with E-state index in [9.17, 15) is 33.4 Å². The van der Waals surface area contributed by atoms with E-state index in [2.05, 4.69) is 4.98 Å². The number of aromatic nitrogens is 2. The number of nitrogens with one attached hydrogen (secondary N) is 1. The molecule has 1 saturated carbocycles. The summed E-state index contributed by atoms with van der Waals surface area (Å²) in [6.07, 6.45) is -1.03. The second-order valence-corrected chi connectivity index (χ2v) is 9.60. The summed E-state index contributed by atoms with van der Waals surface area (Å²) in [4.78, 5) is 53.8. The van der Waals surface area contributed by atoms with Crippen LogP contribution in [0.5, 0.6) is 0 Å². The van der Waals surface area contributed by atoms with Crippen LogP contribution in [-0.4, -0.2) is 56.3 Å². The Kier molecular flexibility index (Phi) is 7.57. The summed E-state index contributed by atoms with van der Waals surface area (Å²) in [7, 11) is -7.45. The van der Waals surface area contributed by atoms with E-state index < -0.39 is 57.0 Å². The van der Waals surface area contributed by atoms with Gasteiger partial charge in [0.2, 0.25) is 0 Å². The van der Waals surface area contributed by atoms with Crippen molar-refractivity contribution in [3.63, 3.8) is 0 Å². The number of hydrogen-bond acceptors (Lipinski definition) is 7. The van der Waals surface area contributed by atoms with Crippen LogP contribution in [-0.2, 0) is 22.9 Å². The predicted molar refractivity (Wildman–Crippen MR) is 97.1 cm³/mol. The van der Waals surface area contributed by atoms with Gasteiger partial charge in [-0.2, -0.15) is 0 Å². The molecule has 12 nitrogen and oxygen atoms in total. The first-order valence-electron chi connectivity index (χ1n) is 8.52. The number of phosphoric ester groups is 1. The standard InChI is InChI=1S/C14H24N2O10P2/c1-3-25-28(22,23)26-12-9(5-7-27(19,20)21)8-10(13(12)24-2)16-6-4-11(17)15-14(16)18/h4,6,9-10,12-13H,3,5,7-8H2,1-2H3,(H,22,23)(H,15,17,18)(H2,19,20,21)/t9-,10+,12+,13-/m0/s1. The van der Waals surface area contributed by atoms with Gasteiger partial charge in [0.25, 0.3) is 5.56 Å². The van der Waals surface area contributed by atoms with Gasteiger partial charge in [-0.15, -0.1) is 0 Å².